The lowest BCUT2D eigenvalue weighted by molar-refractivity contribution is -0.119. The molecule has 216 valence electrons. The summed E-state index contributed by atoms with van der Waals surface area (Å²) in [4.78, 5) is 24.0. The highest BCUT2D eigenvalue weighted by atomic mass is 32.2. The molecule has 0 aliphatic rings. The Hall–Kier alpha value is -4.22. The molecular formula is C30H36N6O4S. The van der Waals surface area contributed by atoms with Crippen molar-refractivity contribution in [1.82, 2.24) is 19.8 Å². The second-order valence-electron chi connectivity index (χ2n) is 10.6. The molecule has 0 fully saturated rings. The number of aromatic nitrogens is 2. The van der Waals surface area contributed by atoms with Gasteiger partial charge < -0.3 is 16.4 Å². The molecule has 0 saturated carbocycles. The molecule has 1 heterocycles. The Labute approximate surface area is 240 Å². The molecule has 0 spiro atoms. The summed E-state index contributed by atoms with van der Waals surface area (Å²) < 4.78 is 30.9. The van der Waals surface area contributed by atoms with Crippen LogP contribution in [0.3, 0.4) is 0 Å². The van der Waals surface area contributed by atoms with Crippen LogP contribution in [0.25, 0.3) is 16.6 Å². The largest absolute Gasteiger partial charge is 0.383 e. The highest BCUT2D eigenvalue weighted by Gasteiger charge is 2.22. The number of sulfonamides is 1. The number of primary amides is 1. The number of nitrogens with one attached hydrogen (secondary N) is 3. The number of benzene rings is 3. The maximum absolute atomic E-state index is 13.2. The number of nitrogens with zero attached hydrogens (tertiary/aromatic N) is 2. The van der Waals surface area contributed by atoms with Gasteiger partial charge in [-0.3, -0.25) is 9.59 Å². The molecule has 0 radical (unpaired) electrons. The molecular weight excluding hydrogens is 540 g/mol. The monoisotopic (exact) mass is 576 g/mol. The minimum Gasteiger partial charge on any atom is -0.383 e. The quantitative estimate of drug-likeness (QED) is 0.227. The van der Waals surface area contributed by atoms with Crippen LogP contribution in [0.15, 0.2) is 59.6 Å². The smallest absolute Gasteiger partial charge is 0.251 e. The maximum atomic E-state index is 13.2. The fourth-order valence-corrected chi connectivity index (χ4v) is 6.64. The first-order chi connectivity index (χ1) is 19.3. The first-order valence-corrected chi connectivity index (χ1v) is 14.8. The third-order valence-electron chi connectivity index (χ3n) is 6.81. The normalized spacial score (nSPS) is 13.1. The fraction of sp³-hybridized carbons (Fsp3) is 0.300. The summed E-state index contributed by atoms with van der Waals surface area (Å²) in [6.45, 7) is 11.3. The van der Waals surface area contributed by atoms with Crippen LogP contribution in [0.1, 0.15) is 46.5 Å². The molecule has 0 bridgehead atoms. The molecule has 1 aromatic heterocycles. The molecule has 2 atom stereocenters. The van der Waals surface area contributed by atoms with Gasteiger partial charge in [0, 0.05) is 29.2 Å². The Kier molecular flexibility index (Phi) is 8.50. The van der Waals surface area contributed by atoms with Crippen molar-refractivity contribution in [2.75, 3.05) is 11.9 Å². The van der Waals surface area contributed by atoms with Crippen LogP contribution in [0.5, 0.6) is 0 Å². The van der Waals surface area contributed by atoms with Crippen LogP contribution in [-0.4, -0.2) is 48.6 Å². The number of carbonyl (C=O) groups is 2. The fourth-order valence-electron chi connectivity index (χ4n) is 4.94. The standard InChI is InChI=1S/C30H36N6O4S/c1-17-11-19(3)28(20(4)12-17)41(39,40)35-21(5)15-32-26-13-18(2)14-27-25(26)16-33-36(27)24-9-7-23(8-10-24)30(38)34-22(6)29(31)37/h7-14,16,21-22,32,35H,15H2,1-6H3,(H2,31,37)(H,34,38)/t21-,22+/m0/s1. The zero-order valence-electron chi connectivity index (χ0n) is 24.1. The zero-order valence-corrected chi connectivity index (χ0v) is 24.9. The van der Waals surface area contributed by atoms with E-state index in [-0.39, 0.29) is 6.04 Å². The van der Waals surface area contributed by atoms with E-state index in [1.807, 2.05) is 58.9 Å². The van der Waals surface area contributed by atoms with Gasteiger partial charge >= 0.3 is 0 Å². The summed E-state index contributed by atoms with van der Waals surface area (Å²) in [5, 5.41) is 11.4. The van der Waals surface area contributed by atoms with Gasteiger partial charge in [0.1, 0.15) is 6.04 Å². The Morgan fingerprint density at radius 3 is 2.17 bits per heavy atom. The number of fused-ring (bicyclic) bond motifs is 1. The van der Waals surface area contributed by atoms with E-state index in [4.69, 9.17) is 5.73 Å². The second kappa shape index (κ2) is 11.7. The lowest BCUT2D eigenvalue weighted by atomic mass is 10.1. The summed E-state index contributed by atoms with van der Waals surface area (Å²) in [6.07, 6.45) is 1.75. The van der Waals surface area contributed by atoms with E-state index in [9.17, 15) is 18.0 Å². The topological polar surface area (TPSA) is 148 Å². The minimum absolute atomic E-state index is 0.319. The van der Waals surface area contributed by atoms with E-state index >= 15 is 0 Å². The molecule has 11 heteroatoms. The number of amides is 2. The van der Waals surface area contributed by atoms with E-state index in [1.54, 1.807) is 35.1 Å². The van der Waals surface area contributed by atoms with Crippen LogP contribution >= 0.6 is 0 Å². The summed E-state index contributed by atoms with van der Waals surface area (Å²) in [5.41, 5.74) is 11.5. The number of hydrogen-bond donors (Lipinski definition) is 4. The lowest BCUT2D eigenvalue weighted by Crippen LogP contribution is -2.42. The first-order valence-electron chi connectivity index (χ1n) is 13.3. The van der Waals surface area contributed by atoms with Gasteiger partial charge in [-0.2, -0.15) is 5.10 Å². The maximum Gasteiger partial charge on any atom is 0.251 e. The highest BCUT2D eigenvalue weighted by molar-refractivity contribution is 7.89. The zero-order chi connectivity index (χ0) is 30.1. The molecule has 10 nitrogen and oxygen atoms in total. The van der Waals surface area contributed by atoms with Crippen molar-refractivity contribution in [3.8, 4) is 5.69 Å². The Morgan fingerprint density at radius 1 is 0.951 bits per heavy atom. The lowest BCUT2D eigenvalue weighted by Gasteiger charge is -2.19. The Bertz CT molecular complexity index is 1700. The molecule has 0 aliphatic carbocycles. The van der Waals surface area contributed by atoms with Crippen molar-refractivity contribution in [3.05, 3.63) is 82.5 Å². The van der Waals surface area contributed by atoms with Crippen LogP contribution in [0, 0.1) is 27.7 Å². The van der Waals surface area contributed by atoms with Gasteiger partial charge in [0.25, 0.3) is 5.91 Å². The van der Waals surface area contributed by atoms with Gasteiger partial charge in [0.05, 0.1) is 22.3 Å². The number of rotatable bonds is 10. The van der Waals surface area contributed by atoms with Gasteiger partial charge in [-0.25, -0.2) is 17.8 Å². The average Bonchev–Trinajstić information content (AvgIpc) is 3.29. The van der Waals surface area contributed by atoms with Crippen LogP contribution in [-0.2, 0) is 14.8 Å². The summed E-state index contributed by atoms with van der Waals surface area (Å²) in [6, 6.07) is 13.5. The first kappa shape index (κ1) is 29.8. The van der Waals surface area contributed by atoms with Crippen molar-refractivity contribution in [3.63, 3.8) is 0 Å². The Balaban J connectivity index is 1.51. The number of anilines is 1. The van der Waals surface area contributed by atoms with Crippen molar-refractivity contribution >= 4 is 38.4 Å². The van der Waals surface area contributed by atoms with E-state index < -0.39 is 27.9 Å². The van der Waals surface area contributed by atoms with Gasteiger partial charge in [-0.05, 0) is 94.6 Å². The number of carbonyl (C=O) groups excluding carboxylic acids is 2. The highest BCUT2D eigenvalue weighted by Crippen LogP contribution is 2.28. The number of hydrogen-bond acceptors (Lipinski definition) is 6. The molecule has 3 aromatic carbocycles. The van der Waals surface area contributed by atoms with Gasteiger partial charge in [0.2, 0.25) is 15.9 Å². The van der Waals surface area contributed by atoms with Gasteiger partial charge in [-0.1, -0.05) is 17.7 Å². The van der Waals surface area contributed by atoms with Crippen LogP contribution in [0.2, 0.25) is 0 Å². The minimum atomic E-state index is -3.70. The molecule has 0 aliphatic heterocycles. The van der Waals surface area contributed by atoms with E-state index in [0.29, 0.717) is 17.0 Å². The van der Waals surface area contributed by atoms with Crippen LogP contribution in [0.4, 0.5) is 5.69 Å². The summed E-state index contributed by atoms with van der Waals surface area (Å²) >= 11 is 0. The van der Waals surface area contributed by atoms with E-state index in [2.05, 4.69) is 20.5 Å². The van der Waals surface area contributed by atoms with Crippen molar-refractivity contribution in [1.29, 1.82) is 0 Å². The molecule has 2 amide bonds. The third kappa shape index (κ3) is 6.58. The summed E-state index contributed by atoms with van der Waals surface area (Å²) in [7, 11) is -3.70. The molecule has 4 aromatic rings. The molecule has 41 heavy (non-hydrogen) atoms. The van der Waals surface area contributed by atoms with Gasteiger partial charge in [0.15, 0.2) is 0 Å². The SMILES string of the molecule is Cc1cc(C)c(S(=O)(=O)N[C@@H](C)CNc2cc(C)cc3c2cnn3-c2ccc(C(=O)N[C@H](C)C(N)=O)cc2)c(C)c1. The molecule has 5 N–H and O–H groups in total. The Morgan fingerprint density at radius 2 is 1.56 bits per heavy atom. The number of aryl methyl sites for hydroxylation is 4. The predicted octanol–water partition coefficient (Wildman–Crippen LogP) is 3.64. The van der Waals surface area contributed by atoms with Crippen molar-refractivity contribution in [2.24, 2.45) is 5.73 Å². The van der Waals surface area contributed by atoms with Gasteiger partial charge in [-0.15, -0.1) is 0 Å². The van der Waals surface area contributed by atoms with Crippen molar-refractivity contribution < 1.29 is 18.0 Å². The average molecular weight is 577 g/mol. The second-order valence-corrected chi connectivity index (χ2v) is 12.2. The molecule has 0 saturated heterocycles. The van der Waals surface area contributed by atoms with Crippen molar-refractivity contribution in [2.45, 2.75) is 58.5 Å². The molecule has 0 unspecified atom stereocenters. The van der Waals surface area contributed by atoms with E-state index in [1.165, 1.54) is 6.92 Å². The third-order valence-corrected chi connectivity index (χ3v) is 8.70. The van der Waals surface area contributed by atoms with E-state index in [0.717, 1.165) is 44.5 Å². The predicted molar refractivity (Wildman–Crippen MR) is 161 cm³/mol. The van der Waals surface area contributed by atoms with Crippen LogP contribution < -0.4 is 21.1 Å². The number of nitrogens with two attached hydrogens (primary N) is 1. The molecule has 4 rings (SSSR count). The summed E-state index contributed by atoms with van der Waals surface area (Å²) in [5.74, 6) is -1.01.